The van der Waals surface area contributed by atoms with E-state index in [0.29, 0.717) is 29.9 Å². The lowest BCUT2D eigenvalue weighted by atomic mass is 10.1. The number of halogens is 1. The molecule has 0 atom stereocenters. The van der Waals surface area contributed by atoms with Crippen molar-refractivity contribution in [1.29, 1.82) is 0 Å². The molecule has 3 aromatic rings. The number of nitrogens with one attached hydrogen (secondary N) is 1. The van der Waals surface area contributed by atoms with E-state index in [0.717, 1.165) is 11.1 Å². The van der Waals surface area contributed by atoms with Gasteiger partial charge in [-0.05, 0) is 23.3 Å². The molecule has 0 unspecified atom stereocenters. The maximum Gasteiger partial charge on any atom is 0.149 e. The normalized spacial score (nSPS) is 10.8. The van der Waals surface area contributed by atoms with Crippen LogP contribution in [0.4, 0.5) is 10.2 Å². The molecule has 0 saturated heterocycles. The minimum absolute atomic E-state index is 0.329. The number of benzene rings is 2. The molecule has 0 aliphatic carbocycles. The first-order chi connectivity index (χ1) is 10.8. The van der Waals surface area contributed by atoms with Crippen LogP contribution in [0.5, 0.6) is 0 Å². The fourth-order valence-corrected chi connectivity index (χ4v) is 2.30. The Labute approximate surface area is 128 Å². The predicted octanol–water partition coefficient (Wildman–Crippen LogP) is 3.53. The summed E-state index contributed by atoms with van der Waals surface area (Å²) < 4.78 is 18.8. The van der Waals surface area contributed by atoms with Gasteiger partial charge in [0.05, 0.1) is 6.61 Å². The average Bonchev–Trinajstić information content (AvgIpc) is 2.55. The number of fused-ring (bicyclic) bond motifs is 1. The van der Waals surface area contributed by atoms with E-state index in [-0.39, 0.29) is 5.82 Å². The molecule has 0 fully saturated rings. The molecule has 0 amide bonds. The highest BCUT2D eigenvalue weighted by Gasteiger charge is 2.06. The van der Waals surface area contributed by atoms with Crippen LogP contribution >= 0.6 is 0 Å². The molecule has 0 radical (unpaired) electrons. The second-order valence-electron chi connectivity index (χ2n) is 4.96. The number of anilines is 1. The largest absolute Gasteiger partial charge is 0.380 e. The van der Waals surface area contributed by atoms with Crippen LogP contribution in [0, 0.1) is 5.82 Å². The molecule has 0 aliphatic rings. The monoisotopic (exact) mass is 297 g/mol. The van der Waals surface area contributed by atoms with Crippen LogP contribution in [0.3, 0.4) is 0 Å². The Hall–Kier alpha value is -2.53. The second kappa shape index (κ2) is 6.49. The van der Waals surface area contributed by atoms with Crippen molar-refractivity contribution in [3.8, 4) is 0 Å². The van der Waals surface area contributed by atoms with Crippen molar-refractivity contribution < 1.29 is 9.13 Å². The summed E-state index contributed by atoms with van der Waals surface area (Å²) in [5, 5.41) is 3.91. The quantitative estimate of drug-likeness (QED) is 0.782. The van der Waals surface area contributed by atoms with Crippen molar-refractivity contribution in [3.05, 3.63) is 65.7 Å². The number of aromatic nitrogens is 2. The first-order valence-electron chi connectivity index (χ1n) is 6.98. The molecule has 5 heteroatoms. The number of ether oxygens (including phenoxy) is 1. The van der Waals surface area contributed by atoms with E-state index < -0.39 is 0 Å². The fourth-order valence-electron chi connectivity index (χ4n) is 2.30. The van der Waals surface area contributed by atoms with Crippen LogP contribution in [-0.4, -0.2) is 17.1 Å². The Morgan fingerprint density at radius 1 is 1.05 bits per heavy atom. The van der Waals surface area contributed by atoms with Crippen molar-refractivity contribution in [2.45, 2.75) is 13.2 Å². The molecule has 1 N–H and O–H groups in total. The first-order valence-corrected chi connectivity index (χ1v) is 6.98. The fraction of sp³-hybridized carbons (Fsp3) is 0.176. The van der Waals surface area contributed by atoms with Gasteiger partial charge in [0.15, 0.2) is 0 Å². The molecule has 3 rings (SSSR count). The van der Waals surface area contributed by atoms with Crippen LogP contribution in [0.15, 0.2) is 48.8 Å². The summed E-state index contributed by atoms with van der Waals surface area (Å²) in [7, 11) is 1.68. The van der Waals surface area contributed by atoms with Crippen LogP contribution in [-0.2, 0) is 17.9 Å². The highest BCUT2D eigenvalue weighted by Crippen LogP contribution is 2.21. The SMILES string of the molecule is COCc1ccc(CNc2ncnc3c(F)cccc23)cc1. The number of methoxy groups -OCH3 is 1. The molecule has 0 aliphatic heterocycles. The van der Waals surface area contributed by atoms with E-state index in [9.17, 15) is 4.39 Å². The smallest absolute Gasteiger partial charge is 0.149 e. The topological polar surface area (TPSA) is 47.0 Å². The van der Waals surface area contributed by atoms with Crippen molar-refractivity contribution in [2.75, 3.05) is 12.4 Å². The van der Waals surface area contributed by atoms with E-state index in [1.54, 1.807) is 13.2 Å². The summed E-state index contributed by atoms with van der Waals surface area (Å²) in [5.41, 5.74) is 2.57. The van der Waals surface area contributed by atoms with E-state index in [2.05, 4.69) is 15.3 Å². The molecule has 0 saturated carbocycles. The number of rotatable bonds is 5. The maximum absolute atomic E-state index is 13.7. The van der Waals surface area contributed by atoms with Gasteiger partial charge in [0, 0.05) is 19.0 Å². The van der Waals surface area contributed by atoms with Crippen LogP contribution in [0.1, 0.15) is 11.1 Å². The lowest BCUT2D eigenvalue weighted by Gasteiger charge is -2.09. The lowest BCUT2D eigenvalue weighted by molar-refractivity contribution is 0.185. The van der Waals surface area contributed by atoms with Crippen molar-refractivity contribution >= 4 is 16.7 Å². The van der Waals surface area contributed by atoms with Crippen LogP contribution in [0.25, 0.3) is 10.9 Å². The summed E-state index contributed by atoms with van der Waals surface area (Å²) >= 11 is 0. The van der Waals surface area contributed by atoms with Gasteiger partial charge in [-0.25, -0.2) is 14.4 Å². The Morgan fingerprint density at radius 3 is 2.59 bits per heavy atom. The summed E-state index contributed by atoms with van der Waals surface area (Å²) in [6, 6.07) is 13.0. The third kappa shape index (κ3) is 3.04. The van der Waals surface area contributed by atoms with E-state index >= 15 is 0 Å². The number of para-hydroxylation sites is 1. The Morgan fingerprint density at radius 2 is 1.82 bits per heavy atom. The molecule has 2 aromatic carbocycles. The average molecular weight is 297 g/mol. The second-order valence-corrected chi connectivity index (χ2v) is 4.96. The summed E-state index contributed by atoms with van der Waals surface area (Å²) in [4.78, 5) is 8.19. The first kappa shape index (κ1) is 14.4. The highest BCUT2D eigenvalue weighted by molar-refractivity contribution is 5.89. The predicted molar refractivity (Wildman–Crippen MR) is 84.0 cm³/mol. The molecule has 0 bridgehead atoms. The van der Waals surface area contributed by atoms with Gasteiger partial charge in [0.25, 0.3) is 0 Å². The third-order valence-electron chi connectivity index (χ3n) is 3.41. The molecular weight excluding hydrogens is 281 g/mol. The van der Waals surface area contributed by atoms with Gasteiger partial charge < -0.3 is 10.1 Å². The van der Waals surface area contributed by atoms with Crippen LogP contribution < -0.4 is 5.32 Å². The molecule has 112 valence electrons. The molecule has 0 spiro atoms. The third-order valence-corrected chi connectivity index (χ3v) is 3.41. The summed E-state index contributed by atoms with van der Waals surface area (Å²) in [6.45, 7) is 1.21. The summed E-state index contributed by atoms with van der Waals surface area (Å²) in [5.74, 6) is 0.289. The Balaban J connectivity index is 1.78. The molecule has 22 heavy (non-hydrogen) atoms. The molecular formula is C17H16FN3O. The lowest BCUT2D eigenvalue weighted by Crippen LogP contribution is -2.03. The zero-order valence-electron chi connectivity index (χ0n) is 12.2. The minimum Gasteiger partial charge on any atom is -0.380 e. The standard InChI is InChI=1S/C17H16FN3O/c1-22-10-13-7-5-12(6-8-13)9-19-17-14-3-2-4-15(18)16(14)20-11-21-17/h2-8,11H,9-10H2,1H3,(H,19,20,21). The van der Waals surface area contributed by atoms with E-state index in [4.69, 9.17) is 4.74 Å². The number of nitrogens with zero attached hydrogens (tertiary/aromatic N) is 2. The molecule has 1 heterocycles. The summed E-state index contributed by atoms with van der Waals surface area (Å²) in [6.07, 6.45) is 1.37. The van der Waals surface area contributed by atoms with E-state index in [1.807, 2.05) is 30.3 Å². The number of hydrogen-bond acceptors (Lipinski definition) is 4. The van der Waals surface area contributed by atoms with Crippen molar-refractivity contribution in [1.82, 2.24) is 9.97 Å². The van der Waals surface area contributed by atoms with Crippen molar-refractivity contribution in [3.63, 3.8) is 0 Å². The van der Waals surface area contributed by atoms with Gasteiger partial charge in [0.1, 0.15) is 23.5 Å². The van der Waals surface area contributed by atoms with Gasteiger partial charge in [-0.2, -0.15) is 0 Å². The van der Waals surface area contributed by atoms with Gasteiger partial charge in [0.2, 0.25) is 0 Å². The minimum atomic E-state index is -0.341. The highest BCUT2D eigenvalue weighted by atomic mass is 19.1. The Kier molecular flexibility index (Phi) is 4.25. The number of hydrogen-bond donors (Lipinski definition) is 1. The van der Waals surface area contributed by atoms with Gasteiger partial charge in [-0.15, -0.1) is 0 Å². The molecule has 1 aromatic heterocycles. The molecule has 4 nitrogen and oxygen atoms in total. The van der Waals surface area contributed by atoms with Crippen molar-refractivity contribution in [2.24, 2.45) is 0 Å². The van der Waals surface area contributed by atoms with Crippen LogP contribution in [0.2, 0.25) is 0 Å². The maximum atomic E-state index is 13.7. The van der Waals surface area contributed by atoms with Gasteiger partial charge in [-0.1, -0.05) is 30.3 Å². The van der Waals surface area contributed by atoms with Gasteiger partial charge >= 0.3 is 0 Å². The Bertz CT molecular complexity index is 774. The van der Waals surface area contributed by atoms with E-state index in [1.165, 1.54) is 12.4 Å². The zero-order valence-corrected chi connectivity index (χ0v) is 12.2. The zero-order chi connectivity index (χ0) is 15.4. The van der Waals surface area contributed by atoms with Gasteiger partial charge in [-0.3, -0.25) is 0 Å².